The smallest absolute Gasteiger partial charge is 0.277 e. The van der Waals surface area contributed by atoms with Crippen molar-refractivity contribution in [1.82, 2.24) is 19.6 Å². The first kappa shape index (κ1) is 18.2. The van der Waals surface area contributed by atoms with E-state index in [1.807, 2.05) is 19.1 Å². The van der Waals surface area contributed by atoms with Gasteiger partial charge in [0.05, 0.1) is 5.69 Å². The first-order valence-corrected chi connectivity index (χ1v) is 9.38. The van der Waals surface area contributed by atoms with Crippen molar-refractivity contribution < 1.29 is 13.5 Å². The first-order valence-electron chi connectivity index (χ1n) is 8.39. The van der Waals surface area contributed by atoms with Crippen LogP contribution < -0.4 is 10.3 Å². The minimum Gasteiger partial charge on any atom is -0.484 e. The van der Waals surface area contributed by atoms with Crippen molar-refractivity contribution in [3.63, 3.8) is 0 Å². The molecule has 0 aliphatic rings. The summed E-state index contributed by atoms with van der Waals surface area (Å²) in [5.74, 6) is 0.889. The predicted octanol–water partition coefficient (Wildman–Crippen LogP) is 3.40. The largest absolute Gasteiger partial charge is 0.484 e. The predicted molar refractivity (Wildman–Crippen MR) is 101 cm³/mol. The SMILES string of the molecule is Cc1ccn2c(=O)cc(CSc3nnc(COc4ccc(F)cc4)o3)nc2c1. The zero-order valence-corrected chi connectivity index (χ0v) is 15.6. The molecule has 0 amide bonds. The van der Waals surface area contributed by atoms with E-state index in [9.17, 15) is 9.18 Å². The summed E-state index contributed by atoms with van der Waals surface area (Å²) in [5.41, 5.74) is 2.11. The second kappa shape index (κ2) is 7.81. The summed E-state index contributed by atoms with van der Waals surface area (Å²) in [6, 6.07) is 10.9. The fraction of sp³-hybridized carbons (Fsp3) is 0.158. The van der Waals surface area contributed by atoms with Gasteiger partial charge in [-0.3, -0.25) is 9.20 Å². The highest BCUT2D eigenvalue weighted by Gasteiger charge is 2.10. The minimum atomic E-state index is -0.332. The van der Waals surface area contributed by atoms with Gasteiger partial charge in [-0.05, 0) is 48.9 Å². The van der Waals surface area contributed by atoms with Crippen LogP contribution in [0.5, 0.6) is 5.75 Å². The molecule has 1 aromatic carbocycles. The van der Waals surface area contributed by atoms with E-state index in [1.54, 1.807) is 6.20 Å². The van der Waals surface area contributed by atoms with Crippen LogP contribution in [0.2, 0.25) is 0 Å². The Hall–Kier alpha value is -3.20. The number of nitrogens with zero attached hydrogens (tertiary/aromatic N) is 4. The molecule has 9 heteroatoms. The maximum atomic E-state index is 12.9. The lowest BCUT2D eigenvalue weighted by Gasteiger charge is -2.04. The van der Waals surface area contributed by atoms with Crippen LogP contribution in [0, 0.1) is 12.7 Å². The number of benzene rings is 1. The molecule has 0 N–H and O–H groups in total. The summed E-state index contributed by atoms with van der Waals surface area (Å²) in [5, 5.41) is 8.22. The fourth-order valence-corrected chi connectivity index (χ4v) is 3.17. The van der Waals surface area contributed by atoms with E-state index in [1.165, 1.54) is 46.5 Å². The topological polar surface area (TPSA) is 82.5 Å². The van der Waals surface area contributed by atoms with Crippen LogP contribution in [0.1, 0.15) is 17.1 Å². The number of aryl methyl sites for hydroxylation is 1. The number of thioether (sulfide) groups is 1. The summed E-state index contributed by atoms with van der Waals surface area (Å²) in [6.45, 7) is 2.02. The number of fused-ring (bicyclic) bond motifs is 1. The highest BCUT2D eigenvalue weighted by atomic mass is 32.2. The number of aromatic nitrogens is 4. The van der Waals surface area contributed by atoms with Crippen molar-refractivity contribution in [2.24, 2.45) is 0 Å². The molecular weight excluding hydrogens is 383 g/mol. The standard InChI is InChI=1S/C19H15FN4O3S/c1-12-6-7-24-16(8-12)21-14(9-18(24)25)11-28-19-23-22-17(27-19)10-26-15-4-2-13(20)3-5-15/h2-9H,10-11H2,1H3. The van der Waals surface area contributed by atoms with Gasteiger partial charge in [-0.15, -0.1) is 10.2 Å². The Kier molecular flexibility index (Phi) is 5.07. The van der Waals surface area contributed by atoms with E-state index in [0.29, 0.717) is 34.0 Å². The Balaban J connectivity index is 1.39. The molecule has 0 unspecified atom stereocenters. The average Bonchev–Trinajstić information content (AvgIpc) is 3.13. The van der Waals surface area contributed by atoms with Crippen molar-refractivity contribution in [3.05, 3.63) is 82.0 Å². The van der Waals surface area contributed by atoms with Crippen LogP contribution in [-0.4, -0.2) is 19.6 Å². The molecule has 0 spiro atoms. The van der Waals surface area contributed by atoms with Gasteiger partial charge in [0.15, 0.2) is 6.61 Å². The second-order valence-corrected chi connectivity index (χ2v) is 6.94. The van der Waals surface area contributed by atoms with Gasteiger partial charge in [0.2, 0.25) is 0 Å². The van der Waals surface area contributed by atoms with Crippen LogP contribution >= 0.6 is 11.8 Å². The van der Waals surface area contributed by atoms with Crippen LogP contribution in [0.4, 0.5) is 4.39 Å². The molecule has 4 aromatic rings. The van der Waals surface area contributed by atoms with Crippen molar-refractivity contribution in [1.29, 1.82) is 0 Å². The molecule has 0 radical (unpaired) electrons. The van der Waals surface area contributed by atoms with Gasteiger partial charge in [-0.2, -0.15) is 0 Å². The number of ether oxygens (including phenoxy) is 1. The summed E-state index contributed by atoms with van der Waals surface area (Å²) >= 11 is 1.28. The van der Waals surface area contributed by atoms with Gasteiger partial charge in [0.25, 0.3) is 16.7 Å². The minimum absolute atomic E-state index is 0.0774. The van der Waals surface area contributed by atoms with Crippen LogP contribution in [0.25, 0.3) is 5.65 Å². The zero-order valence-electron chi connectivity index (χ0n) is 14.8. The Labute approximate surface area is 163 Å². The van der Waals surface area contributed by atoms with Crippen molar-refractivity contribution in [3.8, 4) is 5.75 Å². The molecule has 0 saturated heterocycles. The molecule has 3 heterocycles. The summed E-state index contributed by atoms with van der Waals surface area (Å²) < 4.78 is 25.4. The van der Waals surface area contributed by atoms with E-state index in [-0.39, 0.29) is 18.0 Å². The Morgan fingerprint density at radius 3 is 2.82 bits per heavy atom. The highest BCUT2D eigenvalue weighted by Crippen LogP contribution is 2.21. The normalized spacial score (nSPS) is 11.1. The third-order valence-corrected chi connectivity index (χ3v) is 4.70. The molecule has 0 bridgehead atoms. The van der Waals surface area contributed by atoms with Crippen molar-refractivity contribution in [2.75, 3.05) is 0 Å². The van der Waals surface area contributed by atoms with E-state index in [2.05, 4.69) is 15.2 Å². The van der Waals surface area contributed by atoms with E-state index in [4.69, 9.17) is 9.15 Å². The van der Waals surface area contributed by atoms with Gasteiger partial charge in [0, 0.05) is 18.0 Å². The third kappa shape index (κ3) is 4.20. The molecule has 0 fully saturated rings. The Bertz CT molecular complexity index is 1170. The van der Waals surface area contributed by atoms with Crippen LogP contribution in [-0.2, 0) is 12.4 Å². The molecule has 0 aliphatic heterocycles. The summed E-state index contributed by atoms with van der Waals surface area (Å²) in [7, 11) is 0. The first-order chi connectivity index (χ1) is 13.6. The average molecular weight is 398 g/mol. The summed E-state index contributed by atoms with van der Waals surface area (Å²) in [4.78, 5) is 16.7. The Morgan fingerprint density at radius 1 is 1.18 bits per heavy atom. The van der Waals surface area contributed by atoms with Gasteiger partial charge in [0.1, 0.15) is 17.2 Å². The van der Waals surface area contributed by atoms with Gasteiger partial charge < -0.3 is 9.15 Å². The number of halogens is 1. The van der Waals surface area contributed by atoms with Gasteiger partial charge in [-0.1, -0.05) is 11.8 Å². The molecule has 7 nitrogen and oxygen atoms in total. The molecule has 0 aliphatic carbocycles. The maximum Gasteiger partial charge on any atom is 0.277 e. The van der Waals surface area contributed by atoms with Crippen molar-refractivity contribution >= 4 is 17.4 Å². The fourth-order valence-electron chi connectivity index (χ4n) is 2.49. The second-order valence-electron chi connectivity index (χ2n) is 6.01. The number of hydrogen-bond donors (Lipinski definition) is 0. The number of rotatable bonds is 6. The molecule has 0 saturated carbocycles. The van der Waals surface area contributed by atoms with Crippen LogP contribution in [0.15, 0.2) is 63.1 Å². The lowest BCUT2D eigenvalue weighted by atomic mass is 10.3. The molecule has 3 aromatic heterocycles. The van der Waals surface area contributed by atoms with E-state index < -0.39 is 0 Å². The molecule has 4 rings (SSSR count). The Morgan fingerprint density at radius 2 is 2.00 bits per heavy atom. The molecule has 28 heavy (non-hydrogen) atoms. The lowest BCUT2D eigenvalue weighted by molar-refractivity contribution is 0.252. The lowest BCUT2D eigenvalue weighted by Crippen LogP contribution is -2.15. The molecular formula is C19H15FN4O3S. The third-order valence-electron chi connectivity index (χ3n) is 3.84. The summed E-state index contributed by atoms with van der Waals surface area (Å²) in [6.07, 6.45) is 1.71. The van der Waals surface area contributed by atoms with Crippen LogP contribution in [0.3, 0.4) is 0 Å². The zero-order chi connectivity index (χ0) is 19.5. The van der Waals surface area contributed by atoms with E-state index >= 15 is 0 Å². The van der Waals surface area contributed by atoms with Gasteiger partial charge in [-0.25, -0.2) is 9.37 Å². The number of hydrogen-bond acceptors (Lipinski definition) is 7. The molecule has 142 valence electrons. The van der Waals surface area contributed by atoms with E-state index in [0.717, 1.165) is 5.56 Å². The van der Waals surface area contributed by atoms with Gasteiger partial charge >= 0.3 is 0 Å². The monoisotopic (exact) mass is 398 g/mol. The quantitative estimate of drug-likeness (QED) is 0.460. The number of pyridine rings is 1. The van der Waals surface area contributed by atoms with Crippen molar-refractivity contribution in [2.45, 2.75) is 24.5 Å². The highest BCUT2D eigenvalue weighted by molar-refractivity contribution is 7.98. The molecule has 0 atom stereocenters. The maximum absolute atomic E-state index is 12.9.